The van der Waals surface area contributed by atoms with Gasteiger partial charge in [-0.3, -0.25) is 9.78 Å². The number of hydrogen-bond donors (Lipinski definition) is 2. The molecule has 0 radical (unpaired) electrons. The van der Waals surface area contributed by atoms with Gasteiger partial charge in [0.25, 0.3) is 5.91 Å². The molecule has 1 amide bonds. The Bertz CT molecular complexity index is 520. The molecule has 0 atom stereocenters. The summed E-state index contributed by atoms with van der Waals surface area (Å²) in [7, 11) is 0. The molecule has 17 heavy (non-hydrogen) atoms. The van der Waals surface area contributed by atoms with Crippen molar-refractivity contribution in [3.63, 3.8) is 0 Å². The molecule has 0 aliphatic rings. The summed E-state index contributed by atoms with van der Waals surface area (Å²) >= 11 is 0. The summed E-state index contributed by atoms with van der Waals surface area (Å²) in [5, 5.41) is 12.4. The Hall–Kier alpha value is -1.94. The maximum atomic E-state index is 11.9. The fourth-order valence-electron chi connectivity index (χ4n) is 1.66. The summed E-state index contributed by atoms with van der Waals surface area (Å²) in [6.07, 6.45) is 2.23. The minimum Gasteiger partial charge on any atom is -0.396 e. The number of aromatic nitrogens is 1. The molecule has 0 aliphatic carbocycles. The predicted octanol–water partition coefficient (Wildman–Crippen LogP) is 1.35. The molecule has 0 fully saturated rings. The third-order valence-electron chi connectivity index (χ3n) is 2.50. The first-order chi connectivity index (χ1) is 8.33. The van der Waals surface area contributed by atoms with Crippen molar-refractivity contribution in [3.8, 4) is 0 Å². The number of rotatable bonds is 4. The fraction of sp³-hybridized carbons (Fsp3) is 0.231. The third kappa shape index (κ3) is 2.60. The second-order valence-corrected chi connectivity index (χ2v) is 3.71. The molecule has 0 spiro atoms. The van der Waals surface area contributed by atoms with Gasteiger partial charge in [-0.15, -0.1) is 0 Å². The van der Waals surface area contributed by atoms with Gasteiger partial charge in [-0.05, 0) is 18.6 Å². The number of aliphatic hydroxyl groups excluding tert-OH is 1. The van der Waals surface area contributed by atoms with E-state index in [-0.39, 0.29) is 12.5 Å². The van der Waals surface area contributed by atoms with Crippen LogP contribution in [0.1, 0.15) is 16.8 Å². The lowest BCUT2D eigenvalue weighted by atomic mass is 10.1. The van der Waals surface area contributed by atoms with Gasteiger partial charge in [-0.2, -0.15) is 0 Å². The van der Waals surface area contributed by atoms with E-state index < -0.39 is 0 Å². The molecule has 2 N–H and O–H groups in total. The Kier molecular flexibility index (Phi) is 3.67. The minimum absolute atomic E-state index is 0.0774. The van der Waals surface area contributed by atoms with Crippen LogP contribution in [-0.4, -0.2) is 29.1 Å². The van der Waals surface area contributed by atoms with Crippen LogP contribution in [-0.2, 0) is 0 Å². The van der Waals surface area contributed by atoms with E-state index in [0.29, 0.717) is 24.0 Å². The summed E-state index contributed by atoms with van der Waals surface area (Å²) in [4.78, 5) is 16.1. The smallest absolute Gasteiger partial charge is 0.253 e. The number of benzene rings is 1. The molecule has 0 saturated carbocycles. The van der Waals surface area contributed by atoms with E-state index in [1.807, 2.05) is 24.3 Å². The van der Waals surface area contributed by atoms with E-state index in [4.69, 9.17) is 5.11 Å². The van der Waals surface area contributed by atoms with E-state index in [0.717, 1.165) is 5.39 Å². The number of hydrogen-bond acceptors (Lipinski definition) is 3. The molecule has 0 unspecified atom stereocenters. The highest BCUT2D eigenvalue weighted by Crippen LogP contribution is 2.15. The second-order valence-electron chi connectivity index (χ2n) is 3.71. The summed E-state index contributed by atoms with van der Waals surface area (Å²) < 4.78 is 0. The van der Waals surface area contributed by atoms with E-state index >= 15 is 0 Å². The SMILES string of the molecule is O=C(NCCCO)c1cccc2cccnc12. The maximum absolute atomic E-state index is 11.9. The number of carbonyl (C=O) groups excluding carboxylic acids is 1. The first kappa shape index (κ1) is 11.5. The van der Waals surface area contributed by atoms with Crippen LogP contribution in [0.15, 0.2) is 36.5 Å². The van der Waals surface area contributed by atoms with Crippen molar-refractivity contribution in [3.05, 3.63) is 42.1 Å². The first-order valence-electron chi connectivity index (χ1n) is 5.56. The van der Waals surface area contributed by atoms with Gasteiger partial charge in [0.1, 0.15) is 0 Å². The molecular weight excluding hydrogens is 216 g/mol. The second kappa shape index (κ2) is 5.41. The summed E-state index contributed by atoms with van der Waals surface area (Å²) in [5.41, 5.74) is 1.28. The number of aliphatic hydroxyl groups is 1. The number of fused-ring (bicyclic) bond motifs is 1. The van der Waals surface area contributed by atoms with Crippen LogP contribution in [0, 0.1) is 0 Å². The van der Waals surface area contributed by atoms with Gasteiger partial charge in [0, 0.05) is 24.7 Å². The predicted molar refractivity (Wildman–Crippen MR) is 65.8 cm³/mol. The highest BCUT2D eigenvalue weighted by atomic mass is 16.3. The van der Waals surface area contributed by atoms with Crippen LogP contribution in [0.25, 0.3) is 10.9 Å². The van der Waals surface area contributed by atoms with Crippen molar-refractivity contribution >= 4 is 16.8 Å². The van der Waals surface area contributed by atoms with Gasteiger partial charge in [0.05, 0.1) is 11.1 Å². The molecule has 4 heteroatoms. The monoisotopic (exact) mass is 230 g/mol. The Morgan fingerprint density at radius 3 is 2.94 bits per heavy atom. The fourth-order valence-corrected chi connectivity index (χ4v) is 1.66. The average molecular weight is 230 g/mol. The highest BCUT2D eigenvalue weighted by molar-refractivity contribution is 6.05. The lowest BCUT2D eigenvalue weighted by Crippen LogP contribution is -2.25. The lowest BCUT2D eigenvalue weighted by Gasteiger charge is -2.06. The Morgan fingerprint density at radius 1 is 1.29 bits per heavy atom. The normalized spacial score (nSPS) is 10.4. The maximum Gasteiger partial charge on any atom is 0.253 e. The first-order valence-corrected chi connectivity index (χ1v) is 5.56. The van der Waals surface area contributed by atoms with Gasteiger partial charge < -0.3 is 10.4 Å². The molecule has 2 rings (SSSR count). The van der Waals surface area contributed by atoms with Gasteiger partial charge in [-0.1, -0.05) is 18.2 Å². The quantitative estimate of drug-likeness (QED) is 0.779. The zero-order valence-corrected chi connectivity index (χ0v) is 9.39. The number of nitrogens with one attached hydrogen (secondary N) is 1. The van der Waals surface area contributed by atoms with E-state index in [1.54, 1.807) is 12.3 Å². The van der Waals surface area contributed by atoms with Crippen molar-refractivity contribution in [2.75, 3.05) is 13.2 Å². The number of carbonyl (C=O) groups is 1. The molecule has 1 aromatic carbocycles. The molecule has 2 aromatic rings. The number of nitrogens with zero attached hydrogens (tertiary/aromatic N) is 1. The van der Waals surface area contributed by atoms with Crippen molar-refractivity contribution in [2.24, 2.45) is 0 Å². The highest BCUT2D eigenvalue weighted by Gasteiger charge is 2.09. The van der Waals surface area contributed by atoms with E-state index in [9.17, 15) is 4.79 Å². The lowest BCUT2D eigenvalue weighted by molar-refractivity contribution is 0.0952. The third-order valence-corrected chi connectivity index (χ3v) is 2.50. The van der Waals surface area contributed by atoms with Crippen molar-refractivity contribution in [1.82, 2.24) is 10.3 Å². The molecule has 0 aliphatic heterocycles. The Labute approximate surface area is 99.3 Å². The molecule has 0 saturated heterocycles. The molecule has 88 valence electrons. The van der Waals surface area contributed by atoms with Gasteiger partial charge in [0.2, 0.25) is 0 Å². The summed E-state index contributed by atoms with van der Waals surface area (Å²) in [6.45, 7) is 0.548. The Balaban J connectivity index is 2.26. The largest absolute Gasteiger partial charge is 0.396 e. The standard InChI is InChI=1S/C13H14N2O2/c16-9-3-8-15-13(17)11-6-1-4-10-5-2-7-14-12(10)11/h1-2,4-7,16H,3,8-9H2,(H,15,17). The van der Waals surface area contributed by atoms with Crippen LogP contribution in [0.2, 0.25) is 0 Å². The minimum atomic E-state index is -0.150. The van der Waals surface area contributed by atoms with Gasteiger partial charge >= 0.3 is 0 Å². The Morgan fingerprint density at radius 2 is 2.12 bits per heavy atom. The molecule has 1 heterocycles. The zero-order chi connectivity index (χ0) is 12.1. The van der Waals surface area contributed by atoms with Gasteiger partial charge in [0.15, 0.2) is 0 Å². The molecule has 0 bridgehead atoms. The van der Waals surface area contributed by atoms with Crippen LogP contribution in [0.5, 0.6) is 0 Å². The van der Waals surface area contributed by atoms with Gasteiger partial charge in [-0.25, -0.2) is 0 Å². The number of pyridine rings is 1. The van der Waals surface area contributed by atoms with Crippen LogP contribution in [0.3, 0.4) is 0 Å². The van der Waals surface area contributed by atoms with Crippen molar-refractivity contribution in [2.45, 2.75) is 6.42 Å². The summed E-state index contributed by atoms with van der Waals surface area (Å²) in [6, 6.07) is 9.28. The average Bonchev–Trinajstić information content (AvgIpc) is 2.38. The van der Waals surface area contributed by atoms with Crippen LogP contribution in [0.4, 0.5) is 0 Å². The van der Waals surface area contributed by atoms with Crippen molar-refractivity contribution < 1.29 is 9.90 Å². The van der Waals surface area contributed by atoms with Crippen LogP contribution >= 0.6 is 0 Å². The van der Waals surface area contributed by atoms with Crippen LogP contribution < -0.4 is 5.32 Å². The molecule has 1 aromatic heterocycles. The topological polar surface area (TPSA) is 62.2 Å². The summed E-state index contributed by atoms with van der Waals surface area (Å²) in [5.74, 6) is -0.150. The zero-order valence-electron chi connectivity index (χ0n) is 9.39. The van der Waals surface area contributed by atoms with E-state index in [2.05, 4.69) is 10.3 Å². The number of amides is 1. The molecular formula is C13H14N2O2. The number of para-hydroxylation sites is 1. The molecule has 4 nitrogen and oxygen atoms in total. The van der Waals surface area contributed by atoms with E-state index in [1.165, 1.54) is 0 Å². The van der Waals surface area contributed by atoms with Crippen molar-refractivity contribution in [1.29, 1.82) is 0 Å².